The van der Waals surface area contributed by atoms with E-state index in [-0.39, 0.29) is 11.8 Å². The maximum atomic E-state index is 9.43. The molecule has 1 saturated heterocycles. The first-order chi connectivity index (χ1) is 8.83. The molecule has 1 atom stereocenters. The first-order valence-corrected chi connectivity index (χ1v) is 6.92. The van der Waals surface area contributed by atoms with Crippen LogP contribution in [0.5, 0.6) is 5.75 Å². The Morgan fingerprint density at radius 1 is 1.44 bits per heavy atom. The summed E-state index contributed by atoms with van der Waals surface area (Å²) in [6, 6.07) is 6.97. The van der Waals surface area contributed by atoms with Crippen LogP contribution >= 0.6 is 11.8 Å². The summed E-state index contributed by atoms with van der Waals surface area (Å²) in [4.78, 5) is 4.38. The van der Waals surface area contributed by atoms with Crippen molar-refractivity contribution >= 4 is 11.8 Å². The minimum Gasteiger partial charge on any atom is -0.508 e. The summed E-state index contributed by atoms with van der Waals surface area (Å²) in [5.41, 5.74) is 0.758. The second kappa shape index (κ2) is 4.99. The number of phenolic OH excluding ortho intramolecular Hbond substituents is 1. The number of benzene rings is 1. The van der Waals surface area contributed by atoms with Crippen molar-refractivity contribution in [2.45, 2.75) is 6.04 Å². The Kier molecular flexibility index (Phi) is 3.21. The predicted molar refractivity (Wildman–Crippen MR) is 69.5 cm³/mol. The van der Waals surface area contributed by atoms with Crippen molar-refractivity contribution in [2.75, 3.05) is 18.1 Å². The van der Waals surface area contributed by atoms with E-state index in [0.29, 0.717) is 11.7 Å². The van der Waals surface area contributed by atoms with Crippen LogP contribution in [0.4, 0.5) is 0 Å². The lowest BCUT2D eigenvalue weighted by Gasteiger charge is -2.19. The van der Waals surface area contributed by atoms with Gasteiger partial charge in [0.2, 0.25) is 11.7 Å². The van der Waals surface area contributed by atoms with E-state index < -0.39 is 0 Å². The zero-order valence-corrected chi connectivity index (χ0v) is 10.5. The van der Waals surface area contributed by atoms with Gasteiger partial charge in [-0.05, 0) is 12.1 Å². The molecule has 0 saturated carbocycles. The molecule has 0 amide bonds. The number of hydrogen-bond donors (Lipinski definition) is 2. The molecule has 1 fully saturated rings. The largest absolute Gasteiger partial charge is 0.508 e. The fraction of sp³-hybridized carbons (Fsp3) is 0.333. The van der Waals surface area contributed by atoms with E-state index in [0.717, 1.165) is 23.6 Å². The molecule has 1 aliphatic rings. The number of rotatable bonds is 2. The van der Waals surface area contributed by atoms with Gasteiger partial charge < -0.3 is 14.9 Å². The van der Waals surface area contributed by atoms with Crippen LogP contribution < -0.4 is 5.32 Å². The quantitative estimate of drug-likeness (QED) is 0.861. The number of aromatic nitrogens is 2. The van der Waals surface area contributed by atoms with Crippen molar-refractivity contribution in [3.05, 3.63) is 30.2 Å². The zero-order chi connectivity index (χ0) is 12.4. The highest BCUT2D eigenvalue weighted by Gasteiger charge is 2.21. The van der Waals surface area contributed by atoms with Gasteiger partial charge in [-0.3, -0.25) is 0 Å². The van der Waals surface area contributed by atoms with Crippen molar-refractivity contribution in [1.29, 1.82) is 0 Å². The molecule has 1 aromatic heterocycles. The van der Waals surface area contributed by atoms with Gasteiger partial charge in [0, 0.05) is 23.6 Å². The van der Waals surface area contributed by atoms with E-state index in [2.05, 4.69) is 15.5 Å². The summed E-state index contributed by atoms with van der Waals surface area (Å²) in [5, 5.41) is 16.7. The Morgan fingerprint density at radius 2 is 2.39 bits per heavy atom. The minimum atomic E-state index is 0.127. The van der Waals surface area contributed by atoms with Crippen LogP contribution in [-0.4, -0.2) is 33.3 Å². The number of aromatic hydroxyl groups is 1. The Labute approximate surface area is 109 Å². The average Bonchev–Trinajstić information content (AvgIpc) is 2.89. The highest BCUT2D eigenvalue weighted by Crippen LogP contribution is 2.24. The zero-order valence-electron chi connectivity index (χ0n) is 9.67. The van der Waals surface area contributed by atoms with E-state index in [1.54, 1.807) is 18.2 Å². The molecule has 0 bridgehead atoms. The van der Waals surface area contributed by atoms with E-state index in [1.807, 2.05) is 17.8 Å². The van der Waals surface area contributed by atoms with Crippen molar-refractivity contribution in [1.82, 2.24) is 15.5 Å². The SMILES string of the molecule is Oc1cccc(-c2noc(C3CSCCN3)n2)c1. The number of phenols is 1. The lowest BCUT2D eigenvalue weighted by atomic mass is 10.2. The van der Waals surface area contributed by atoms with Gasteiger partial charge in [0.1, 0.15) is 5.75 Å². The van der Waals surface area contributed by atoms with Gasteiger partial charge >= 0.3 is 0 Å². The molecular weight excluding hydrogens is 250 g/mol. The Bertz CT molecular complexity index is 538. The number of thioether (sulfide) groups is 1. The van der Waals surface area contributed by atoms with Crippen molar-refractivity contribution < 1.29 is 9.63 Å². The summed E-state index contributed by atoms with van der Waals surface area (Å²) in [5.74, 6) is 3.38. The molecule has 94 valence electrons. The third-order valence-electron chi connectivity index (χ3n) is 2.77. The van der Waals surface area contributed by atoms with E-state index in [4.69, 9.17) is 4.52 Å². The van der Waals surface area contributed by atoms with Crippen molar-refractivity contribution in [3.8, 4) is 17.1 Å². The summed E-state index contributed by atoms with van der Waals surface area (Å²) in [7, 11) is 0. The molecule has 6 heteroatoms. The molecule has 3 rings (SSSR count). The summed E-state index contributed by atoms with van der Waals surface area (Å²) in [6.45, 7) is 0.958. The average molecular weight is 263 g/mol. The molecule has 1 unspecified atom stereocenters. The van der Waals surface area contributed by atoms with Gasteiger partial charge in [-0.1, -0.05) is 17.3 Å². The van der Waals surface area contributed by atoms with Crippen LogP contribution in [0.25, 0.3) is 11.4 Å². The Hall–Kier alpha value is -1.53. The van der Waals surface area contributed by atoms with Gasteiger partial charge in [-0.2, -0.15) is 16.7 Å². The number of nitrogens with zero attached hydrogens (tertiary/aromatic N) is 2. The molecule has 1 aromatic carbocycles. The van der Waals surface area contributed by atoms with Crippen LogP contribution in [-0.2, 0) is 0 Å². The second-order valence-corrected chi connectivity index (χ2v) is 5.24. The smallest absolute Gasteiger partial charge is 0.244 e. The molecule has 0 radical (unpaired) electrons. The summed E-state index contributed by atoms with van der Waals surface area (Å²) >= 11 is 1.88. The van der Waals surface area contributed by atoms with Gasteiger partial charge in [-0.15, -0.1) is 0 Å². The van der Waals surface area contributed by atoms with Crippen LogP contribution in [0.1, 0.15) is 11.9 Å². The van der Waals surface area contributed by atoms with Crippen LogP contribution in [0.2, 0.25) is 0 Å². The maximum absolute atomic E-state index is 9.43. The van der Waals surface area contributed by atoms with Gasteiger partial charge in [0.05, 0.1) is 6.04 Å². The van der Waals surface area contributed by atoms with E-state index in [1.165, 1.54) is 0 Å². The Morgan fingerprint density at radius 3 is 3.17 bits per heavy atom. The maximum Gasteiger partial charge on any atom is 0.244 e. The summed E-state index contributed by atoms with van der Waals surface area (Å²) < 4.78 is 5.28. The van der Waals surface area contributed by atoms with Crippen molar-refractivity contribution in [2.24, 2.45) is 0 Å². The van der Waals surface area contributed by atoms with Gasteiger partial charge in [-0.25, -0.2) is 0 Å². The lowest BCUT2D eigenvalue weighted by molar-refractivity contribution is 0.342. The van der Waals surface area contributed by atoms with E-state index >= 15 is 0 Å². The van der Waals surface area contributed by atoms with Crippen LogP contribution in [0.15, 0.2) is 28.8 Å². The van der Waals surface area contributed by atoms with Crippen LogP contribution in [0, 0.1) is 0 Å². The fourth-order valence-corrected chi connectivity index (χ4v) is 2.79. The molecule has 0 spiro atoms. The topological polar surface area (TPSA) is 71.2 Å². The first-order valence-electron chi connectivity index (χ1n) is 5.77. The fourth-order valence-electron chi connectivity index (χ4n) is 1.86. The molecule has 18 heavy (non-hydrogen) atoms. The molecule has 5 nitrogen and oxygen atoms in total. The normalized spacial score (nSPS) is 19.9. The molecular formula is C12H13N3O2S. The summed E-state index contributed by atoms with van der Waals surface area (Å²) in [6.07, 6.45) is 0. The third-order valence-corrected chi connectivity index (χ3v) is 3.83. The Balaban J connectivity index is 1.84. The minimum absolute atomic E-state index is 0.127. The van der Waals surface area contributed by atoms with Crippen LogP contribution in [0.3, 0.4) is 0 Å². The number of nitrogens with one attached hydrogen (secondary N) is 1. The molecule has 2 heterocycles. The predicted octanol–water partition coefficient (Wildman–Crippen LogP) is 1.82. The van der Waals surface area contributed by atoms with Gasteiger partial charge in [0.15, 0.2) is 0 Å². The second-order valence-electron chi connectivity index (χ2n) is 4.09. The highest BCUT2D eigenvalue weighted by molar-refractivity contribution is 7.99. The standard InChI is InChI=1S/C12H13N3O2S/c16-9-3-1-2-8(6-9)11-14-12(17-15-11)10-7-18-5-4-13-10/h1-3,6,10,13,16H,4-5,7H2. The molecule has 2 N–H and O–H groups in total. The molecule has 1 aliphatic heterocycles. The third kappa shape index (κ3) is 2.34. The first kappa shape index (κ1) is 11.6. The number of hydrogen-bond acceptors (Lipinski definition) is 6. The molecule has 2 aromatic rings. The monoisotopic (exact) mass is 263 g/mol. The van der Waals surface area contributed by atoms with Gasteiger partial charge in [0.25, 0.3) is 0 Å². The van der Waals surface area contributed by atoms with Crippen molar-refractivity contribution in [3.63, 3.8) is 0 Å². The molecule has 0 aliphatic carbocycles. The van der Waals surface area contributed by atoms with E-state index in [9.17, 15) is 5.11 Å². The highest BCUT2D eigenvalue weighted by atomic mass is 32.2. The lowest BCUT2D eigenvalue weighted by Crippen LogP contribution is -2.30.